The zero-order valence-corrected chi connectivity index (χ0v) is 8.44. The summed E-state index contributed by atoms with van der Waals surface area (Å²) in [6.07, 6.45) is 2.04. The van der Waals surface area contributed by atoms with Crippen molar-refractivity contribution in [3.63, 3.8) is 0 Å². The molecule has 14 heavy (non-hydrogen) atoms. The van der Waals surface area contributed by atoms with Gasteiger partial charge in [0, 0.05) is 23.9 Å². The van der Waals surface area contributed by atoms with E-state index in [1.54, 1.807) is 6.92 Å². The van der Waals surface area contributed by atoms with Crippen LogP contribution in [0.2, 0.25) is 0 Å². The number of carbonyl (C=O) groups is 1. The van der Waals surface area contributed by atoms with Gasteiger partial charge in [-0.05, 0) is 24.9 Å². The van der Waals surface area contributed by atoms with Gasteiger partial charge in [-0.3, -0.25) is 4.79 Å². The molecule has 0 rings (SSSR count). The van der Waals surface area contributed by atoms with Crippen molar-refractivity contribution < 1.29 is 4.79 Å². The van der Waals surface area contributed by atoms with Crippen molar-refractivity contribution in [1.82, 2.24) is 5.32 Å². The number of unbranched alkanes of at least 4 members (excludes halogenated alkanes) is 1. The minimum absolute atomic E-state index is 0.0816. The third-order valence-corrected chi connectivity index (χ3v) is 1.68. The highest BCUT2D eigenvalue weighted by Gasteiger charge is 2.05. The van der Waals surface area contributed by atoms with Crippen molar-refractivity contribution in [2.45, 2.75) is 32.2 Å². The molecule has 1 unspecified atom stereocenters. The molecule has 0 aromatic carbocycles. The second kappa shape index (κ2) is 8.34. The van der Waals surface area contributed by atoms with E-state index in [0.29, 0.717) is 13.1 Å². The highest BCUT2D eigenvalue weighted by molar-refractivity contribution is 5.76. The van der Waals surface area contributed by atoms with Crippen LogP contribution < -0.4 is 11.1 Å². The molecule has 1 atom stereocenters. The maximum Gasteiger partial charge on any atom is 0.220 e. The van der Waals surface area contributed by atoms with E-state index >= 15 is 0 Å². The highest BCUT2D eigenvalue weighted by atomic mass is 16.1. The fourth-order valence-electron chi connectivity index (χ4n) is 0.967. The number of hydrogen-bond donors (Lipinski definition) is 2. The fraction of sp³-hybridized carbons (Fsp3) is 0.875. The van der Waals surface area contributed by atoms with E-state index in [4.69, 9.17) is 11.3 Å². The fourth-order valence-corrected chi connectivity index (χ4v) is 0.967. The van der Waals surface area contributed by atoms with E-state index < -0.39 is 0 Å². The van der Waals surface area contributed by atoms with Gasteiger partial charge < -0.3 is 11.1 Å². The number of rotatable bonds is 7. The topological polar surface area (TPSA) is 104 Å². The predicted molar refractivity (Wildman–Crippen MR) is 54.5 cm³/mol. The first kappa shape index (κ1) is 12.7. The van der Waals surface area contributed by atoms with Crippen molar-refractivity contribution in [2.75, 3.05) is 13.1 Å². The number of hydrogen-bond acceptors (Lipinski definition) is 3. The van der Waals surface area contributed by atoms with Crippen LogP contribution in [0.5, 0.6) is 0 Å². The maximum absolute atomic E-state index is 11.2. The van der Waals surface area contributed by atoms with E-state index in [1.165, 1.54) is 0 Å². The number of azide groups is 1. The molecule has 0 spiro atoms. The zero-order valence-electron chi connectivity index (χ0n) is 8.44. The van der Waals surface area contributed by atoms with Gasteiger partial charge in [-0.25, -0.2) is 0 Å². The lowest BCUT2D eigenvalue weighted by Crippen LogP contribution is -2.27. The Hall–Kier alpha value is -1.26. The summed E-state index contributed by atoms with van der Waals surface area (Å²) in [5, 5.41) is 6.14. The maximum atomic E-state index is 11.2. The molecular formula is C8H17N5O. The van der Waals surface area contributed by atoms with Crippen molar-refractivity contribution in [2.24, 2.45) is 10.8 Å². The van der Waals surface area contributed by atoms with Gasteiger partial charge in [0.05, 0.1) is 0 Å². The largest absolute Gasteiger partial charge is 0.356 e. The average Bonchev–Trinajstić information content (AvgIpc) is 2.13. The molecule has 0 heterocycles. The van der Waals surface area contributed by atoms with Crippen molar-refractivity contribution in [3.05, 3.63) is 10.4 Å². The molecule has 1 amide bonds. The van der Waals surface area contributed by atoms with Gasteiger partial charge in [-0.1, -0.05) is 12.0 Å². The predicted octanol–water partition coefficient (Wildman–Crippen LogP) is 0.930. The molecule has 0 saturated heterocycles. The minimum Gasteiger partial charge on any atom is -0.356 e. The summed E-state index contributed by atoms with van der Waals surface area (Å²) in [4.78, 5) is 13.8. The molecule has 0 aromatic heterocycles. The van der Waals surface area contributed by atoms with Crippen LogP contribution in [0, 0.1) is 0 Å². The summed E-state index contributed by atoms with van der Waals surface area (Å²) in [5.41, 5.74) is 13.4. The Morgan fingerprint density at radius 2 is 2.36 bits per heavy atom. The van der Waals surface area contributed by atoms with Crippen LogP contribution >= 0.6 is 0 Å². The van der Waals surface area contributed by atoms with Crippen molar-refractivity contribution in [1.29, 1.82) is 0 Å². The Bertz CT molecular complexity index is 212. The number of amides is 1. The molecule has 6 heteroatoms. The van der Waals surface area contributed by atoms with Gasteiger partial charge in [-0.2, -0.15) is 0 Å². The van der Waals surface area contributed by atoms with Crippen LogP contribution in [0.4, 0.5) is 0 Å². The number of nitrogens with one attached hydrogen (secondary N) is 1. The van der Waals surface area contributed by atoms with Crippen molar-refractivity contribution >= 4 is 5.91 Å². The first-order valence-electron chi connectivity index (χ1n) is 4.71. The second-order valence-electron chi connectivity index (χ2n) is 3.10. The molecule has 0 aliphatic heterocycles. The van der Waals surface area contributed by atoms with Crippen LogP contribution in [-0.4, -0.2) is 25.0 Å². The summed E-state index contributed by atoms with van der Waals surface area (Å²) in [7, 11) is 0. The van der Waals surface area contributed by atoms with Gasteiger partial charge in [-0.15, -0.1) is 0 Å². The molecule has 0 radical (unpaired) electrons. The van der Waals surface area contributed by atoms with E-state index in [1.807, 2.05) is 0 Å². The standard InChI is InChI=1S/C8H17N5O/c1-7(12-13-10)6-8(14)11-5-3-2-4-9/h7H,2-6,9H2,1H3,(H,11,14). The van der Waals surface area contributed by atoms with Gasteiger partial charge in [0.2, 0.25) is 5.91 Å². The summed E-state index contributed by atoms with van der Waals surface area (Å²) < 4.78 is 0. The van der Waals surface area contributed by atoms with Crippen LogP contribution in [0.1, 0.15) is 26.2 Å². The van der Waals surface area contributed by atoms with Crippen LogP contribution in [-0.2, 0) is 4.79 Å². The summed E-state index contributed by atoms with van der Waals surface area (Å²) in [6, 6.07) is -0.283. The Kier molecular flexibility index (Phi) is 7.59. The lowest BCUT2D eigenvalue weighted by Gasteiger charge is -2.05. The number of carbonyl (C=O) groups excluding carboxylic acids is 1. The Morgan fingerprint density at radius 3 is 2.93 bits per heavy atom. The van der Waals surface area contributed by atoms with Crippen LogP contribution in [0.3, 0.4) is 0 Å². The van der Waals surface area contributed by atoms with Gasteiger partial charge in [0.1, 0.15) is 0 Å². The van der Waals surface area contributed by atoms with Gasteiger partial charge >= 0.3 is 0 Å². The molecular weight excluding hydrogens is 182 g/mol. The molecule has 0 saturated carbocycles. The first-order valence-corrected chi connectivity index (χ1v) is 4.71. The lowest BCUT2D eigenvalue weighted by atomic mass is 10.2. The smallest absolute Gasteiger partial charge is 0.220 e. The number of nitrogens with two attached hydrogens (primary N) is 1. The third-order valence-electron chi connectivity index (χ3n) is 1.68. The Balaban J connectivity index is 3.50. The average molecular weight is 199 g/mol. The Morgan fingerprint density at radius 1 is 1.64 bits per heavy atom. The van der Waals surface area contributed by atoms with E-state index in [2.05, 4.69) is 15.3 Å². The first-order chi connectivity index (χ1) is 6.70. The molecule has 0 aliphatic rings. The quantitative estimate of drug-likeness (QED) is 0.275. The third kappa shape index (κ3) is 7.39. The molecule has 0 bridgehead atoms. The van der Waals surface area contributed by atoms with E-state index in [0.717, 1.165) is 12.8 Å². The lowest BCUT2D eigenvalue weighted by molar-refractivity contribution is -0.121. The van der Waals surface area contributed by atoms with Crippen molar-refractivity contribution in [3.8, 4) is 0 Å². The molecule has 0 aromatic rings. The van der Waals surface area contributed by atoms with Gasteiger partial charge in [0.25, 0.3) is 0 Å². The summed E-state index contributed by atoms with van der Waals surface area (Å²) >= 11 is 0. The van der Waals surface area contributed by atoms with E-state index in [-0.39, 0.29) is 18.4 Å². The normalized spacial score (nSPS) is 11.6. The minimum atomic E-state index is -0.283. The number of nitrogens with zero attached hydrogens (tertiary/aromatic N) is 3. The Labute approximate surface area is 83.5 Å². The summed E-state index contributed by atoms with van der Waals surface area (Å²) in [6.45, 7) is 2.99. The molecule has 3 N–H and O–H groups in total. The molecule has 80 valence electrons. The van der Waals surface area contributed by atoms with Crippen LogP contribution in [0.25, 0.3) is 10.4 Å². The second-order valence-corrected chi connectivity index (χ2v) is 3.10. The van der Waals surface area contributed by atoms with Gasteiger partial charge in [0.15, 0.2) is 0 Å². The van der Waals surface area contributed by atoms with Crippen LogP contribution in [0.15, 0.2) is 5.11 Å². The monoisotopic (exact) mass is 199 g/mol. The SMILES string of the molecule is CC(CC(=O)NCCCCN)N=[N+]=[N-]. The zero-order chi connectivity index (χ0) is 10.8. The molecule has 0 fully saturated rings. The molecule has 6 nitrogen and oxygen atoms in total. The highest BCUT2D eigenvalue weighted by Crippen LogP contribution is 1.96. The van der Waals surface area contributed by atoms with E-state index in [9.17, 15) is 4.79 Å². The summed E-state index contributed by atoms with van der Waals surface area (Å²) in [5.74, 6) is -0.0816. The molecule has 0 aliphatic carbocycles.